The summed E-state index contributed by atoms with van der Waals surface area (Å²) in [5.41, 5.74) is 1.45. The highest BCUT2D eigenvalue weighted by atomic mass is 35.5. The Morgan fingerprint density at radius 2 is 1.89 bits per heavy atom. The van der Waals surface area contributed by atoms with Crippen LogP contribution in [0.3, 0.4) is 0 Å². The molecule has 1 heterocycles. The maximum absolute atomic E-state index is 12.4. The van der Waals surface area contributed by atoms with Gasteiger partial charge in [-0.25, -0.2) is 0 Å². The third-order valence-electron chi connectivity index (χ3n) is 4.90. The van der Waals surface area contributed by atoms with Gasteiger partial charge in [-0.2, -0.15) is 0 Å². The quantitative estimate of drug-likeness (QED) is 0.594. The van der Waals surface area contributed by atoms with Crippen LogP contribution in [-0.4, -0.2) is 28.8 Å². The molecule has 6 nitrogen and oxygen atoms in total. The first-order chi connectivity index (χ1) is 12.9. The molecule has 2 aromatic rings. The maximum Gasteiger partial charge on any atom is 0.283 e. The molecule has 142 valence electrons. The molecule has 7 heteroatoms. The van der Waals surface area contributed by atoms with Gasteiger partial charge < -0.3 is 5.32 Å². The Morgan fingerprint density at radius 1 is 1.22 bits per heavy atom. The van der Waals surface area contributed by atoms with Crippen molar-refractivity contribution in [2.75, 3.05) is 18.4 Å². The number of likely N-dealkylation sites (tertiary alicyclic amines) is 1. The fourth-order valence-electron chi connectivity index (χ4n) is 3.22. The van der Waals surface area contributed by atoms with Gasteiger partial charge in [0.2, 0.25) is 0 Å². The average Bonchev–Trinajstić information content (AvgIpc) is 2.65. The van der Waals surface area contributed by atoms with Gasteiger partial charge in [0, 0.05) is 23.3 Å². The largest absolute Gasteiger partial charge is 0.322 e. The van der Waals surface area contributed by atoms with Crippen LogP contribution in [-0.2, 0) is 6.54 Å². The van der Waals surface area contributed by atoms with E-state index in [9.17, 15) is 14.9 Å². The minimum atomic E-state index is -0.608. The molecular weight excluding hydrogens is 366 g/mol. The normalized spacial score (nSPS) is 15.5. The van der Waals surface area contributed by atoms with E-state index in [0.29, 0.717) is 5.69 Å². The Kier molecular flexibility index (Phi) is 6.08. The molecule has 0 unspecified atom stereocenters. The number of hydrogen-bond donors (Lipinski definition) is 1. The number of nitrogens with one attached hydrogen (secondary N) is 1. The molecule has 27 heavy (non-hydrogen) atoms. The van der Waals surface area contributed by atoms with Crippen LogP contribution in [0.15, 0.2) is 42.5 Å². The molecule has 1 aliphatic rings. The molecule has 1 aliphatic heterocycles. The predicted octanol–water partition coefficient (Wildman–Crippen LogP) is 4.73. The smallest absolute Gasteiger partial charge is 0.283 e. The second-order valence-electron chi connectivity index (χ2n) is 7.03. The van der Waals surface area contributed by atoms with Crippen molar-refractivity contribution in [2.45, 2.75) is 26.3 Å². The van der Waals surface area contributed by atoms with Gasteiger partial charge in [-0.1, -0.05) is 30.7 Å². The summed E-state index contributed by atoms with van der Waals surface area (Å²) in [5.74, 6) is 0.270. The van der Waals surface area contributed by atoms with Crippen LogP contribution in [0.2, 0.25) is 5.02 Å². The first-order valence-electron chi connectivity index (χ1n) is 8.99. The highest BCUT2D eigenvalue weighted by Crippen LogP contribution is 2.24. The van der Waals surface area contributed by atoms with E-state index in [1.54, 1.807) is 0 Å². The van der Waals surface area contributed by atoms with E-state index in [0.717, 1.165) is 25.6 Å². The number of anilines is 1. The van der Waals surface area contributed by atoms with Crippen molar-refractivity contribution in [3.8, 4) is 0 Å². The topological polar surface area (TPSA) is 75.5 Å². The van der Waals surface area contributed by atoms with Crippen molar-refractivity contribution < 1.29 is 9.72 Å². The lowest BCUT2D eigenvalue weighted by atomic mass is 9.99. The number of amides is 1. The van der Waals surface area contributed by atoms with E-state index in [4.69, 9.17) is 11.6 Å². The number of benzene rings is 2. The van der Waals surface area contributed by atoms with Crippen LogP contribution in [0, 0.1) is 16.0 Å². The van der Waals surface area contributed by atoms with Gasteiger partial charge in [-0.3, -0.25) is 19.8 Å². The summed E-state index contributed by atoms with van der Waals surface area (Å²) in [6.45, 7) is 5.41. The monoisotopic (exact) mass is 387 g/mol. The van der Waals surface area contributed by atoms with Crippen LogP contribution < -0.4 is 5.32 Å². The first kappa shape index (κ1) is 19.3. The third kappa shape index (κ3) is 5.05. The third-order valence-corrected chi connectivity index (χ3v) is 5.13. The van der Waals surface area contributed by atoms with E-state index < -0.39 is 10.8 Å². The molecule has 0 atom stereocenters. The van der Waals surface area contributed by atoms with Gasteiger partial charge in [0.25, 0.3) is 11.6 Å². The van der Waals surface area contributed by atoms with Gasteiger partial charge in [-0.15, -0.1) is 0 Å². The standard InChI is InChI=1S/C20H22ClN3O3/c1-14-8-10-23(11-9-14)13-15-2-5-17(6-3-15)22-20(25)18-7-4-16(21)12-19(18)24(26)27/h2-7,12,14H,8-11,13H2,1H3,(H,22,25). The lowest BCUT2D eigenvalue weighted by Gasteiger charge is -2.30. The Morgan fingerprint density at radius 3 is 2.52 bits per heavy atom. The first-order valence-corrected chi connectivity index (χ1v) is 9.37. The van der Waals surface area contributed by atoms with E-state index >= 15 is 0 Å². The van der Waals surface area contributed by atoms with Gasteiger partial charge >= 0.3 is 0 Å². The summed E-state index contributed by atoms with van der Waals surface area (Å²) in [7, 11) is 0. The molecular formula is C20H22ClN3O3. The number of halogens is 1. The second kappa shape index (κ2) is 8.50. The number of rotatable bonds is 5. The predicted molar refractivity (Wildman–Crippen MR) is 106 cm³/mol. The van der Waals surface area contributed by atoms with Crippen LogP contribution >= 0.6 is 11.6 Å². The van der Waals surface area contributed by atoms with Gasteiger partial charge in [0.1, 0.15) is 5.56 Å². The van der Waals surface area contributed by atoms with Crippen molar-refractivity contribution in [2.24, 2.45) is 5.92 Å². The van der Waals surface area contributed by atoms with Crippen LogP contribution in [0.1, 0.15) is 35.7 Å². The average molecular weight is 388 g/mol. The van der Waals surface area contributed by atoms with Crippen LogP contribution in [0.5, 0.6) is 0 Å². The molecule has 2 aromatic carbocycles. The van der Waals surface area contributed by atoms with E-state index in [1.165, 1.54) is 36.6 Å². The highest BCUT2D eigenvalue weighted by Gasteiger charge is 2.21. The minimum absolute atomic E-state index is 0.0177. The Hall–Kier alpha value is -2.44. The van der Waals surface area contributed by atoms with Gasteiger partial charge in [0.15, 0.2) is 0 Å². The van der Waals surface area contributed by atoms with Crippen molar-refractivity contribution in [1.82, 2.24) is 4.90 Å². The molecule has 0 aliphatic carbocycles. The lowest BCUT2D eigenvalue weighted by molar-refractivity contribution is -0.385. The molecule has 0 saturated carbocycles. The maximum atomic E-state index is 12.4. The summed E-state index contributed by atoms with van der Waals surface area (Å²) < 4.78 is 0. The minimum Gasteiger partial charge on any atom is -0.322 e. The molecule has 1 N–H and O–H groups in total. The number of hydrogen-bond acceptors (Lipinski definition) is 4. The number of nitro groups is 1. The SMILES string of the molecule is CC1CCN(Cc2ccc(NC(=O)c3ccc(Cl)cc3[N+](=O)[O-])cc2)CC1. The van der Waals surface area contributed by atoms with Gasteiger partial charge in [0.05, 0.1) is 4.92 Å². The molecule has 0 aromatic heterocycles. The van der Waals surface area contributed by atoms with E-state index in [-0.39, 0.29) is 16.3 Å². The number of carbonyl (C=O) groups is 1. The summed E-state index contributed by atoms with van der Waals surface area (Å²) in [4.78, 5) is 25.4. The molecule has 0 bridgehead atoms. The zero-order chi connectivity index (χ0) is 19.4. The number of nitro benzene ring substituents is 1. The van der Waals surface area contributed by atoms with Crippen molar-refractivity contribution in [3.05, 3.63) is 68.7 Å². The number of carbonyl (C=O) groups excluding carboxylic acids is 1. The molecule has 3 rings (SSSR count). The van der Waals surface area contributed by atoms with Crippen molar-refractivity contribution >= 4 is 28.9 Å². The Bertz CT molecular complexity index is 831. The molecule has 1 saturated heterocycles. The summed E-state index contributed by atoms with van der Waals surface area (Å²) >= 11 is 5.79. The van der Waals surface area contributed by atoms with E-state index in [1.807, 2.05) is 24.3 Å². The van der Waals surface area contributed by atoms with E-state index in [2.05, 4.69) is 17.1 Å². The zero-order valence-corrected chi connectivity index (χ0v) is 15.9. The molecule has 1 amide bonds. The Labute approximate surface area is 163 Å². The molecule has 1 fully saturated rings. The van der Waals surface area contributed by atoms with Crippen LogP contribution in [0.25, 0.3) is 0 Å². The second-order valence-corrected chi connectivity index (χ2v) is 7.46. The van der Waals surface area contributed by atoms with Crippen molar-refractivity contribution in [3.63, 3.8) is 0 Å². The highest BCUT2D eigenvalue weighted by molar-refractivity contribution is 6.31. The summed E-state index contributed by atoms with van der Waals surface area (Å²) in [5, 5.41) is 14.1. The summed E-state index contributed by atoms with van der Waals surface area (Å²) in [6.07, 6.45) is 2.46. The fraction of sp³-hybridized carbons (Fsp3) is 0.350. The molecule has 0 spiro atoms. The number of piperidine rings is 1. The number of nitrogens with zero attached hydrogens (tertiary/aromatic N) is 2. The van der Waals surface area contributed by atoms with Gasteiger partial charge in [-0.05, 0) is 61.7 Å². The summed E-state index contributed by atoms with van der Waals surface area (Å²) in [6, 6.07) is 11.6. The lowest BCUT2D eigenvalue weighted by Crippen LogP contribution is -2.32. The molecule has 0 radical (unpaired) electrons. The fourth-order valence-corrected chi connectivity index (χ4v) is 3.38. The van der Waals surface area contributed by atoms with Crippen molar-refractivity contribution in [1.29, 1.82) is 0 Å². The zero-order valence-electron chi connectivity index (χ0n) is 15.2. The Balaban J connectivity index is 1.64. The van der Waals surface area contributed by atoms with Crippen LogP contribution in [0.4, 0.5) is 11.4 Å².